The fourth-order valence-corrected chi connectivity index (χ4v) is 2.62. The molecule has 2 aromatic heterocycles. The minimum absolute atomic E-state index is 0.0467. The average Bonchev–Trinajstić information content (AvgIpc) is 2.60. The van der Waals surface area contributed by atoms with Gasteiger partial charge in [-0.05, 0) is 23.8 Å². The second-order valence-electron chi connectivity index (χ2n) is 5.81. The Labute approximate surface area is 145 Å². The first-order valence-corrected chi connectivity index (χ1v) is 8.01. The molecule has 1 fully saturated rings. The number of carbonyl (C=O) groups is 1. The van der Waals surface area contributed by atoms with Crippen LogP contribution in [-0.4, -0.2) is 53.6 Å². The molecule has 7 heteroatoms. The van der Waals surface area contributed by atoms with E-state index in [-0.39, 0.29) is 17.5 Å². The molecule has 0 atom stereocenters. The number of hydrogen-bond acceptors (Lipinski definition) is 5. The van der Waals surface area contributed by atoms with E-state index >= 15 is 0 Å². The van der Waals surface area contributed by atoms with Gasteiger partial charge in [0.1, 0.15) is 5.69 Å². The molecule has 0 spiro atoms. The molecule has 3 heterocycles. The Morgan fingerprint density at radius 2 is 2.16 bits per heavy atom. The molecule has 0 saturated carbocycles. The molecule has 1 aliphatic rings. The van der Waals surface area contributed by atoms with Crippen molar-refractivity contribution in [3.05, 3.63) is 59.3 Å². The molecule has 1 aliphatic heterocycles. The number of aromatic amines is 1. The molecule has 130 valence electrons. The first kappa shape index (κ1) is 16.9. The lowest BCUT2D eigenvalue weighted by Crippen LogP contribution is -2.57. The zero-order chi connectivity index (χ0) is 17.6. The lowest BCUT2D eigenvalue weighted by molar-refractivity contribution is -0.129. The highest BCUT2D eigenvalue weighted by Gasteiger charge is 2.29. The van der Waals surface area contributed by atoms with Gasteiger partial charge in [-0.25, -0.2) is 0 Å². The van der Waals surface area contributed by atoms with Crippen LogP contribution in [0.3, 0.4) is 0 Å². The normalized spacial score (nSPS) is 14.5. The number of H-pyrrole nitrogens is 1. The summed E-state index contributed by atoms with van der Waals surface area (Å²) in [7, 11) is 1.58. The molecule has 2 N–H and O–H groups in total. The van der Waals surface area contributed by atoms with Crippen molar-refractivity contribution in [3.8, 4) is 11.1 Å². The van der Waals surface area contributed by atoms with E-state index in [4.69, 9.17) is 4.74 Å². The summed E-state index contributed by atoms with van der Waals surface area (Å²) < 4.78 is 4.87. The number of amides is 1. The molecule has 7 nitrogen and oxygen atoms in total. The number of anilines is 1. The summed E-state index contributed by atoms with van der Waals surface area (Å²) in [4.78, 5) is 32.4. The van der Waals surface area contributed by atoms with Crippen molar-refractivity contribution in [3.63, 3.8) is 0 Å². The summed E-state index contributed by atoms with van der Waals surface area (Å²) in [5, 5.41) is 3.21. The summed E-state index contributed by atoms with van der Waals surface area (Å²) >= 11 is 0. The summed E-state index contributed by atoms with van der Waals surface area (Å²) in [5.41, 5.74) is 2.20. The molecule has 0 bridgehead atoms. The summed E-state index contributed by atoms with van der Waals surface area (Å²) in [6.45, 7) is 1.54. The SMILES string of the molecule is COCC=CC(=O)N1CC(Nc2cc(-c3ccncc3)c[nH]c2=O)C1. The van der Waals surface area contributed by atoms with Gasteiger partial charge in [0.25, 0.3) is 5.56 Å². The Bertz CT molecular complexity index is 811. The van der Waals surface area contributed by atoms with Gasteiger partial charge in [-0.2, -0.15) is 0 Å². The smallest absolute Gasteiger partial charge is 0.271 e. The first-order chi connectivity index (χ1) is 12.2. The lowest BCUT2D eigenvalue weighted by Gasteiger charge is -2.39. The number of rotatable bonds is 6. The highest BCUT2D eigenvalue weighted by Crippen LogP contribution is 2.20. The van der Waals surface area contributed by atoms with Crippen LogP contribution in [0, 0.1) is 0 Å². The number of nitrogens with zero attached hydrogens (tertiary/aromatic N) is 2. The minimum atomic E-state index is -0.178. The summed E-state index contributed by atoms with van der Waals surface area (Å²) in [5.74, 6) is -0.0467. The predicted molar refractivity (Wildman–Crippen MR) is 95.3 cm³/mol. The van der Waals surface area contributed by atoms with Crippen molar-refractivity contribution in [1.29, 1.82) is 0 Å². The molecule has 1 saturated heterocycles. The largest absolute Gasteiger partial charge is 0.381 e. The Morgan fingerprint density at radius 3 is 2.88 bits per heavy atom. The molecule has 25 heavy (non-hydrogen) atoms. The molecule has 0 unspecified atom stereocenters. The molecule has 0 aliphatic carbocycles. The second kappa shape index (κ2) is 7.76. The Hall–Kier alpha value is -2.93. The highest BCUT2D eigenvalue weighted by atomic mass is 16.5. The Kier molecular flexibility index (Phi) is 5.25. The van der Waals surface area contributed by atoms with Crippen LogP contribution in [0.4, 0.5) is 5.69 Å². The van der Waals surface area contributed by atoms with E-state index in [0.717, 1.165) is 11.1 Å². The molecule has 2 aromatic rings. The number of nitrogens with one attached hydrogen (secondary N) is 2. The Morgan fingerprint density at radius 1 is 1.40 bits per heavy atom. The third-order valence-electron chi connectivity index (χ3n) is 3.99. The predicted octanol–water partition coefficient (Wildman–Crippen LogP) is 1.26. The highest BCUT2D eigenvalue weighted by molar-refractivity contribution is 5.88. The standard InChI is InChI=1S/C18H20N4O3/c1-25-8-2-3-17(23)22-11-15(12-22)21-16-9-14(10-20-18(16)24)13-4-6-19-7-5-13/h2-7,9-10,15,21H,8,11-12H2,1H3,(H,20,24). The van der Waals surface area contributed by atoms with Crippen LogP contribution in [0.25, 0.3) is 11.1 Å². The van der Waals surface area contributed by atoms with E-state index in [1.807, 2.05) is 18.2 Å². The number of ether oxygens (including phenoxy) is 1. The van der Waals surface area contributed by atoms with Crippen LogP contribution in [-0.2, 0) is 9.53 Å². The van der Waals surface area contributed by atoms with Gasteiger partial charge in [0.15, 0.2) is 0 Å². The van der Waals surface area contributed by atoms with Crippen molar-refractivity contribution >= 4 is 11.6 Å². The fraction of sp³-hybridized carbons (Fsp3) is 0.278. The van der Waals surface area contributed by atoms with Gasteiger partial charge in [-0.1, -0.05) is 6.08 Å². The Balaban J connectivity index is 1.61. The third kappa shape index (κ3) is 4.13. The van der Waals surface area contributed by atoms with Gasteiger partial charge in [0.05, 0.1) is 12.6 Å². The van der Waals surface area contributed by atoms with Crippen LogP contribution in [0.15, 0.2) is 53.7 Å². The van der Waals surface area contributed by atoms with E-state index in [9.17, 15) is 9.59 Å². The van der Waals surface area contributed by atoms with Crippen LogP contribution < -0.4 is 10.9 Å². The zero-order valence-corrected chi connectivity index (χ0v) is 13.9. The monoisotopic (exact) mass is 340 g/mol. The van der Waals surface area contributed by atoms with Gasteiger partial charge in [0, 0.05) is 50.4 Å². The van der Waals surface area contributed by atoms with Crippen LogP contribution in [0.2, 0.25) is 0 Å². The first-order valence-electron chi connectivity index (χ1n) is 8.01. The third-order valence-corrected chi connectivity index (χ3v) is 3.99. The number of likely N-dealkylation sites (tertiary alicyclic amines) is 1. The van der Waals surface area contributed by atoms with Gasteiger partial charge >= 0.3 is 0 Å². The molecule has 0 aromatic carbocycles. The second-order valence-corrected chi connectivity index (χ2v) is 5.81. The molecular weight excluding hydrogens is 320 g/mol. The number of carbonyl (C=O) groups excluding carboxylic acids is 1. The topological polar surface area (TPSA) is 87.3 Å². The fourth-order valence-electron chi connectivity index (χ4n) is 2.62. The molecule has 1 amide bonds. The van der Waals surface area contributed by atoms with Crippen LogP contribution in [0.1, 0.15) is 0 Å². The maximum absolute atomic E-state index is 12.0. The van der Waals surface area contributed by atoms with Crippen molar-refractivity contribution in [2.45, 2.75) is 6.04 Å². The van der Waals surface area contributed by atoms with Crippen molar-refractivity contribution in [1.82, 2.24) is 14.9 Å². The van der Waals surface area contributed by atoms with Crippen molar-refractivity contribution in [2.75, 3.05) is 32.1 Å². The quantitative estimate of drug-likeness (QED) is 0.773. The van der Waals surface area contributed by atoms with Crippen LogP contribution >= 0.6 is 0 Å². The van der Waals surface area contributed by atoms with Gasteiger partial charge in [-0.15, -0.1) is 0 Å². The maximum Gasteiger partial charge on any atom is 0.271 e. The van der Waals surface area contributed by atoms with E-state index in [0.29, 0.717) is 25.4 Å². The van der Waals surface area contributed by atoms with E-state index in [2.05, 4.69) is 15.3 Å². The molecule has 0 radical (unpaired) electrons. The summed E-state index contributed by atoms with van der Waals surface area (Å²) in [6, 6.07) is 5.65. The minimum Gasteiger partial charge on any atom is -0.381 e. The van der Waals surface area contributed by atoms with Gasteiger partial charge < -0.3 is 19.9 Å². The maximum atomic E-state index is 12.0. The molecule has 3 rings (SSSR count). The van der Waals surface area contributed by atoms with E-state index < -0.39 is 0 Å². The van der Waals surface area contributed by atoms with E-state index in [1.165, 1.54) is 6.08 Å². The number of pyridine rings is 2. The number of methoxy groups -OCH3 is 1. The molecular formula is C18H20N4O3. The van der Waals surface area contributed by atoms with Gasteiger partial charge in [-0.3, -0.25) is 14.6 Å². The number of hydrogen-bond donors (Lipinski definition) is 2. The van der Waals surface area contributed by atoms with Crippen molar-refractivity contribution < 1.29 is 9.53 Å². The van der Waals surface area contributed by atoms with E-state index in [1.54, 1.807) is 36.7 Å². The van der Waals surface area contributed by atoms with Crippen molar-refractivity contribution in [2.24, 2.45) is 0 Å². The summed E-state index contributed by atoms with van der Waals surface area (Å²) in [6.07, 6.45) is 8.29. The average molecular weight is 340 g/mol. The lowest BCUT2D eigenvalue weighted by atomic mass is 10.1. The zero-order valence-electron chi connectivity index (χ0n) is 13.9. The van der Waals surface area contributed by atoms with Crippen LogP contribution in [0.5, 0.6) is 0 Å². The van der Waals surface area contributed by atoms with Gasteiger partial charge in [0.2, 0.25) is 5.91 Å². The number of aromatic nitrogens is 2.